The van der Waals surface area contributed by atoms with Crippen LogP contribution < -0.4 is 5.32 Å². The maximum Gasteiger partial charge on any atom is 0.0455 e. The van der Waals surface area contributed by atoms with Gasteiger partial charge in [0.1, 0.15) is 0 Å². The van der Waals surface area contributed by atoms with Crippen LogP contribution in [0, 0.1) is 0 Å². The van der Waals surface area contributed by atoms with E-state index >= 15 is 0 Å². The highest BCUT2D eigenvalue weighted by Crippen LogP contribution is 2.18. The Labute approximate surface area is 119 Å². The van der Waals surface area contributed by atoms with Crippen molar-refractivity contribution in [3.63, 3.8) is 0 Å². The summed E-state index contributed by atoms with van der Waals surface area (Å²) in [5.41, 5.74) is 3.40. The van der Waals surface area contributed by atoms with Crippen LogP contribution in [-0.4, -0.2) is 11.7 Å². The van der Waals surface area contributed by atoms with Gasteiger partial charge in [0.05, 0.1) is 0 Å². The van der Waals surface area contributed by atoms with Crippen LogP contribution in [0.1, 0.15) is 17.5 Å². The molecule has 0 aliphatic carbocycles. The fourth-order valence-electron chi connectivity index (χ4n) is 1.96. The summed E-state index contributed by atoms with van der Waals surface area (Å²) < 4.78 is 0. The summed E-state index contributed by atoms with van der Waals surface area (Å²) in [6, 6.07) is 16.1. The molecule has 0 spiro atoms. The number of hydrogen-bond acceptors (Lipinski definition) is 2. The largest absolute Gasteiger partial charge is 0.396 e. The minimum absolute atomic E-state index is 0.233. The zero-order valence-electron chi connectivity index (χ0n) is 10.8. The first kappa shape index (κ1) is 13.9. The molecule has 2 N–H and O–H groups in total. The second-order valence-corrected chi connectivity index (χ2v) is 4.88. The SMILES string of the molecule is OCCCc1cccc(NCc2ccccc2Cl)c1. The highest BCUT2D eigenvalue weighted by molar-refractivity contribution is 6.31. The zero-order valence-corrected chi connectivity index (χ0v) is 11.5. The summed E-state index contributed by atoms with van der Waals surface area (Å²) >= 11 is 6.12. The second-order valence-electron chi connectivity index (χ2n) is 4.47. The van der Waals surface area contributed by atoms with Gasteiger partial charge in [-0.2, -0.15) is 0 Å². The molecule has 0 aliphatic rings. The van der Waals surface area contributed by atoms with Crippen LogP contribution in [0.25, 0.3) is 0 Å². The maximum absolute atomic E-state index is 8.85. The van der Waals surface area contributed by atoms with Crippen molar-refractivity contribution >= 4 is 17.3 Å². The van der Waals surface area contributed by atoms with E-state index in [0.29, 0.717) is 6.54 Å². The zero-order chi connectivity index (χ0) is 13.5. The third kappa shape index (κ3) is 4.27. The second kappa shape index (κ2) is 7.17. The van der Waals surface area contributed by atoms with Gasteiger partial charge in [-0.05, 0) is 42.2 Å². The van der Waals surface area contributed by atoms with Gasteiger partial charge < -0.3 is 10.4 Å². The fourth-order valence-corrected chi connectivity index (χ4v) is 2.16. The van der Waals surface area contributed by atoms with Crippen molar-refractivity contribution in [1.29, 1.82) is 0 Å². The Bertz CT molecular complexity index is 528. The van der Waals surface area contributed by atoms with Gasteiger partial charge in [0, 0.05) is 23.9 Å². The highest BCUT2D eigenvalue weighted by Gasteiger charge is 2.00. The number of benzene rings is 2. The lowest BCUT2D eigenvalue weighted by Gasteiger charge is -2.09. The molecule has 0 saturated carbocycles. The molecule has 0 fully saturated rings. The lowest BCUT2D eigenvalue weighted by molar-refractivity contribution is 0.288. The van der Waals surface area contributed by atoms with Crippen molar-refractivity contribution in [2.75, 3.05) is 11.9 Å². The van der Waals surface area contributed by atoms with Crippen LogP contribution in [-0.2, 0) is 13.0 Å². The minimum Gasteiger partial charge on any atom is -0.396 e. The Kier molecular flexibility index (Phi) is 5.25. The van der Waals surface area contributed by atoms with E-state index < -0.39 is 0 Å². The van der Waals surface area contributed by atoms with E-state index in [2.05, 4.69) is 17.4 Å². The third-order valence-electron chi connectivity index (χ3n) is 2.99. The molecular weight excluding hydrogens is 258 g/mol. The molecular formula is C16H18ClNO. The van der Waals surface area contributed by atoms with Crippen molar-refractivity contribution < 1.29 is 5.11 Å². The van der Waals surface area contributed by atoms with Crippen molar-refractivity contribution in [2.24, 2.45) is 0 Å². The number of nitrogens with one attached hydrogen (secondary N) is 1. The van der Waals surface area contributed by atoms with Gasteiger partial charge in [0.25, 0.3) is 0 Å². The van der Waals surface area contributed by atoms with Crippen molar-refractivity contribution in [2.45, 2.75) is 19.4 Å². The number of aliphatic hydroxyl groups is 1. The summed E-state index contributed by atoms with van der Waals surface area (Å²) in [7, 11) is 0. The minimum atomic E-state index is 0.233. The van der Waals surface area contributed by atoms with E-state index in [-0.39, 0.29) is 6.61 Å². The molecule has 0 unspecified atom stereocenters. The lowest BCUT2D eigenvalue weighted by Crippen LogP contribution is -2.00. The van der Waals surface area contributed by atoms with Crippen LogP contribution in [0.4, 0.5) is 5.69 Å². The maximum atomic E-state index is 8.85. The third-order valence-corrected chi connectivity index (χ3v) is 3.36. The van der Waals surface area contributed by atoms with E-state index in [9.17, 15) is 0 Å². The van der Waals surface area contributed by atoms with Crippen LogP contribution in [0.2, 0.25) is 5.02 Å². The fraction of sp³-hybridized carbons (Fsp3) is 0.250. The molecule has 2 nitrogen and oxygen atoms in total. The van der Waals surface area contributed by atoms with Gasteiger partial charge in [-0.15, -0.1) is 0 Å². The molecule has 0 amide bonds. The Balaban J connectivity index is 1.98. The number of hydrogen-bond donors (Lipinski definition) is 2. The van der Waals surface area contributed by atoms with Gasteiger partial charge in [-0.1, -0.05) is 41.9 Å². The van der Waals surface area contributed by atoms with E-state index in [1.807, 2.05) is 36.4 Å². The normalized spacial score (nSPS) is 10.4. The lowest BCUT2D eigenvalue weighted by atomic mass is 10.1. The van der Waals surface area contributed by atoms with Crippen LogP contribution >= 0.6 is 11.6 Å². The summed E-state index contributed by atoms with van der Waals surface area (Å²) in [6.45, 7) is 0.945. The Morgan fingerprint density at radius 1 is 1.05 bits per heavy atom. The van der Waals surface area contributed by atoms with E-state index in [1.165, 1.54) is 5.56 Å². The summed E-state index contributed by atoms with van der Waals surface area (Å²) in [6.07, 6.45) is 1.70. The molecule has 0 saturated heterocycles. The summed E-state index contributed by atoms with van der Waals surface area (Å²) in [5, 5.41) is 13.0. The molecule has 0 atom stereocenters. The first-order valence-corrected chi connectivity index (χ1v) is 6.84. The smallest absolute Gasteiger partial charge is 0.0455 e. The van der Waals surface area contributed by atoms with Crippen molar-refractivity contribution in [1.82, 2.24) is 0 Å². The van der Waals surface area contributed by atoms with Crippen LogP contribution in [0.5, 0.6) is 0 Å². The molecule has 0 aliphatic heterocycles. The first-order valence-electron chi connectivity index (χ1n) is 6.46. The van der Waals surface area contributed by atoms with Crippen molar-refractivity contribution in [3.05, 3.63) is 64.7 Å². The molecule has 0 aromatic heterocycles. The van der Waals surface area contributed by atoms with E-state index in [1.54, 1.807) is 0 Å². The molecule has 2 aromatic carbocycles. The van der Waals surface area contributed by atoms with Gasteiger partial charge in [0.15, 0.2) is 0 Å². The van der Waals surface area contributed by atoms with E-state index in [0.717, 1.165) is 29.1 Å². The molecule has 0 radical (unpaired) electrons. The summed E-state index contributed by atoms with van der Waals surface area (Å²) in [5.74, 6) is 0. The number of anilines is 1. The number of halogens is 1. The monoisotopic (exact) mass is 275 g/mol. The molecule has 2 rings (SSSR count). The number of aliphatic hydroxyl groups excluding tert-OH is 1. The molecule has 19 heavy (non-hydrogen) atoms. The van der Waals surface area contributed by atoms with Gasteiger partial charge >= 0.3 is 0 Å². The number of rotatable bonds is 6. The Hall–Kier alpha value is -1.51. The van der Waals surface area contributed by atoms with Gasteiger partial charge in [0.2, 0.25) is 0 Å². The molecule has 100 valence electrons. The highest BCUT2D eigenvalue weighted by atomic mass is 35.5. The predicted octanol–water partition coefficient (Wildman–Crippen LogP) is 3.88. The van der Waals surface area contributed by atoms with E-state index in [4.69, 9.17) is 16.7 Å². The standard InChI is InChI=1S/C16H18ClNO/c17-16-9-2-1-7-14(16)12-18-15-8-3-5-13(11-15)6-4-10-19/h1-3,5,7-9,11,18-19H,4,6,10,12H2. The molecule has 0 heterocycles. The van der Waals surface area contributed by atoms with Gasteiger partial charge in [-0.3, -0.25) is 0 Å². The topological polar surface area (TPSA) is 32.3 Å². The molecule has 3 heteroatoms. The average Bonchev–Trinajstić information content (AvgIpc) is 2.45. The van der Waals surface area contributed by atoms with Crippen LogP contribution in [0.15, 0.2) is 48.5 Å². The number of aryl methyl sites for hydroxylation is 1. The quantitative estimate of drug-likeness (QED) is 0.839. The van der Waals surface area contributed by atoms with Gasteiger partial charge in [-0.25, -0.2) is 0 Å². The first-order chi connectivity index (χ1) is 9.29. The predicted molar refractivity (Wildman–Crippen MR) is 80.6 cm³/mol. The van der Waals surface area contributed by atoms with Crippen molar-refractivity contribution in [3.8, 4) is 0 Å². The Morgan fingerprint density at radius 2 is 1.89 bits per heavy atom. The average molecular weight is 276 g/mol. The van der Waals surface area contributed by atoms with Crippen LogP contribution in [0.3, 0.4) is 0 Å². The summed E-state index contributed by atoms with van der Waals surface area (Å²) in [4.78, 5) is 0. The molecule has 2 aromatic rings. The Morgan fingerprint density at radius 3 is 2.68 bits per heavy atom. The molecule has 0 bridgehead atoms.